The van der Waals surface area contributed by atoms with Gasteiger partial charge in [0.15, 0.2) is 5.82 Å². The van der Waals surface area contributed by atoms with Crippen LogP contribution in [-0.4, -0.2) is 50.6 Å². The number of aryl methyl sites for hydroxylation is 3. The number of rotatable bonds is 9. The van der Waals surface area contributed by atoms with Crippen LogP contribution in [0.3, 0.4) is 0 Å². The molecule has 6 heterocycles. The molecule has 0 radical (unpaired) electrons. The number of ether oxygens (including phenoxy) is 1. The molecule has 2 saturated carbocycles. The fraction of sp³-hybridized carbons (Fsp3) is 0.415. The van der Waals surface area contributed by atoms with Gasteiger partial charge in [-0.05, 0) is 80.8 Å². The van der Waals surface area contributed by atoms with E-state index in [9.17, 15) is 10.1 Å². The summed E-state index contributed by atoms with van der Waals surface area (Å²) >= 11 is 13.1. The summed E-state index contributed by atoms with van der Waals surface area (Å²) in [5, 5.41) is 15.6. The van der Waals surface area contributed by atoms with Gasteiger partial charge in [-0.15, -0.1) is 0 Å². The second kappa shape index (κ2) is 13.1. The lowest BCUT2D eigenvalue weighted by Gasteiger charge is -2.39. The average Bonchev–Trinajstić information content (AvgIpc) is 3.43. The largest absolute Gasteiger partial charge is 0.372 e. The molecule has 5 aliphatic rings. The van der Waals surface area contributed by atoms with Crippen LogP contribution in [0.4, 0.5) is 4.39 Å². The number of hydrogen-bond acceptors (Lipinski definition) is 6. The van der Waals surface area contributed by atoms with E-state index in [0.717, 1.165) is 53.7 Å². The molecule has 10 rings (SSSR count). The maximum atomic E-state index is 17.2. The molecule has 2 bridgehead atoms. The number of nitrogens with one attached hydrogen (secondary N) is 1. The van der Waals surface area contributed by atoms with Crippen LogP contribution in [0.15, 0.2) is 48.7 Å². The molecule has 11 heteroatoms. The summed E-state index contributed by atoms with van der Waals surface area (Å²) in [7, 11) is 0. The molecule has 266 valence electrons. The molecule has 2 aromatic carbocycles. The Morgan fingerprint density at radius 3 is 2.67 bits per heavy atom. The van der Waals surface area contributed by atoms with Crippen LogP contribution in [0.25, 0.3) is 32.9 Å². The number of carbonyl (C=O) groups excluding carboxylic acids is 1. The summed E-state index contributed by atoms with van der Waals surface area (Å²) < 4.78 is 26.2. The summed E-state index contributed by atoms with van der Waals surface area (Å²) in [6.45, 7) is 5.79. The van der Waals surface area contributed by atoms with Crippen molar-refractivity contribution in [3.63, 3.8) is 0 Å². The molecule has 0 spiro atoms. The lowest BCUT2D eigenvalue weighted by Crippen LogP contribution is -2.41. The number of amides is 1. The second-order valence-corrected chi connectivity index (χ2v) is 15.8. The van der Waals surface area contributed by atoms with Gasteiger partial charge in [0, 0.05) is 83.1 Å². The Hall–Kier alpha value is -4.07. The zero-order valence-corrected chi connectivity index (χ0v) is 30.6. The maximum Gasteiger partial charge on any atom is 0.226 e. The minimum Gasteiger partial charge on any atom is -0.372 e. The van der Waals surface area contributed by atoms with E-state index in [1.807, 2.05) is 32.0 Å². The fourth-order valence-electron chi connectivity index (χ4n) is 8.98. The predicted octanol–water partition coefficient (Wildman–Crippen LogP) is 8.57. The van der Waals surface area contributed by atoms with Crippen LogP contribution < -0.4 is 5.32 Å². The Bertz CT molecular complexity index is 2300. The molecular formula is C41H39Cl2FN6O2. The Balaban J connectivity index is 1.23. The predicted molar refractivity (Wildman–Crippen MR) is 200 cm³/mol. The number of nitrogens with zero attached hydrogens (tertiary/aromatic N) is 5. The first-order valence-corrected chi connectivity index (χ1v) is 19.0. The first-order valence-electron chi connectivity index (χ1n) is 18.3. The summed E-state index contributed by atoms with van der Waals surface area (Å²) in [6, 6.07) is 15.8. The third-order valence-corrected chi connectivity index (χ3v) is 12.7. The summed E-state index contributed by atoms with van der Waals surface area (Å²) in [5.74, 6) is 0.186. The van der Waals surface area contributed by atoms with Crippen molar-refractivity contribution in [3.05, 3.63) is 92.7 Å². The van der Waals surface area contributed by atoms with E-state index in [1.165, 1.54) is 0 Å². The SMILES string of the molecule is Cc1ncccc1COC1CC(c2cc3c(C)nc4c(F)c(-c5cccc(Cl)c5Cl)c(CCC#N)cc4c3n2C2C3CNC2C3)N(C(=O)C2CC2)C1. The number of benzene rings is 2. The Kier molecular flexibility index (Phi) is 8.50. The summed E-state index contributed by atoms with van der Waals surface area (Å²) in [5.41, 5.74) is 6.41. The van der Waals surface area contributed by atoms with Gasteiger partial charge in [-0.3, -0.25) is 9.78 Å². The minimum absolute atomic E-state index is 0.0546. The zero-order valence-electron chi connectivity index (χ0n) is 29.1. The number of halogens is 3. The Morgan fingerprint density at radius 2 is 1.94 bits per heavy atom. The highest BCUT2D eigenvalue weighted by Crippen LogP contribution is 2.51. The quantitative estimate of drug-likeness (QED) is 0.163. The van der Waals surface area contributed by atoms with Crippen molar-refractivity contribution >= 4 is 50.9 Å². The van der Waals surface area contributed by atoms with Crippen LogP contribution in [0.5, 0.6) is 0 Å². The number of hydrogen-bond donors (Lipinski definition) is 1. The lowest BCUT2D eigenvalue weighted by atomic mass is 9.79. The number of pyridine rings is 2. The highest BCUT2D eigenvalue weighted by molar-refractivity contribution is 6.43. The third kappa shape index (κ3) is 5.49. The molecule has 5 unspecified atom stereocenters. The van der Waals surface area contributed by atoms with E-state index in [1.54, 1.807) is 24.4 Å². The number of carbonyl (C=O) groups is 1. The molecule has 5 aromatic rings. The lowest BCUT2D eigenvalue weighted by molar-refractivity contribution is -0.134. The van der Waals surface area contributed by atoms with E-state index < -0.39 is 5.82 Å². The molecular weight excluding hydrogens is 698 g/mol. The van der Waals surface area contributed by atoms with Gasteiger partial charge in [0.1, 0.15) is 5.52 Å². The van der Waals surface area contributed by atoms with E-state index in [-0.39, 0.29) is 53.0 Å². The topological polar surface area (TPSA) is 96.1 Å². The highest BCUT2D eigenvalue weighted by atomic mass is 35.5. The van der Waals surface area contributed by atoms with E-state index in [2.05, 4.69) is 31.9 Å². The Labute approximate surface area is 311 Å². The van der Waals surface area contributed by atoms with Gasteiger partial charge in [-0.1, -0.05) is 41.4 Å². The number of aromatic nitrogens is 3. The standard InChI is InChI=1S/C41H39Cl2FN6O2/c1-21-25(7-5-13-46-21)20-52-27-16-33(49(19-27)41(51)23-10-11-23)34-17-29-22(2)48-38-30(40(29)50(34)39-26-15-32(39)47-18-26)14-24(6-4-12-45)35(37(38)44)28-8-3-9-31(42)36(28)43/h3,5,7-9,13-14,17,23,26-27,32-33,39,47H,4,6,10-11,15-16,18-20H2,1-2H3. The van der Waals surface area contributed by atoms with Crippen LogP contribution in [-0.2, 0) is 22.6 Å². The van der Waals surface area contributed by atoms with Gasteiger partial charge in [0.05, 0.1) is 46.4 Å². The van der Waals surface area contributed by atoms with Crippen LogP contribution in [0.1, 0.15) is 72.4 Å². The monoisotopic (exact) mass is 736 g/mol. The third-order valence-electron chi connectivity index (χ3n) is 11.8. The molecule has 5 fully saturated rings. The normalized spacial score (nSPS) is 23.8. The van der Waals surface area contributed by atoms with Crippen molar-refractivity contribution in [3.8, 4) is 17.2 Å². The zero-order chi connectivity index (χ0) is 35.8. The fourth-order valence-corrected chi connectivity index (χ4v) is 9.38. The van der Waals surface area contributed by atoms with Gasteiger partial charge in [0.2, 0.25) is 5.91 Å². The molecule has 3 saturated heterocycles. The van der Waals surface area contributed by atoms with Crippen molar-refractivity contribution in [1.29, 1.82) is 5.26 Å². The van der Waals surface area contributed by atoms with Crippen molar-refractivity contribution in [2.75, 3.05) is 13.1 Å². The molecule has 2 aliphatic carbocycles. The molecule has 52 heavy (non-hydrogen) atoms. The van der Waals surface area contributed by atoms with Gasteiger partial charge in [0.25, 0.3) is 0 Å². The van der Waals surface area contributed by atoms with E-state index >= 15 is 4.39 Å². The smallest absolute Gasteiger partial charge is 0.226 e. The van der Waals surface area contributed by atoms with E-state index in [4.69, 9.17) is 32.9 Å². The molecule has 3 aromatic heterocycles. The summed E-state index contributed by atoms with van der Waals surface area (Å²) in [4.78, 5) is 25.4. The first-order chi connectivity index (χ1) is 25.2. The number of likely N-dealkylation sites (tertiary alicyclic amines) is 1. The minimum atomic E-state index is -0.478. The first kappa shape index (κ1) is 33.7. The van der Waals surface area contributed by atoms with Crippen molar-refractivity contribution in [2.24, 2.45) is 11.8 Å². The second-order valence-electron chi connectivity index (χ2n) is 15.0. The van der Waals surface area contributed by atoms with Gasteiger partial charge >= 0.3 is 0 Å². The average molecular weight is 738 g/mol. The molecule has 8 nitrogen and oxygen atoms in total. The summed E-state index contributed by atoms with van der Waals surface area (Å²) in [6.07, 6.45) is 5.76. The van der Waals surface area contributed by atoms with Crippen LogP contribution in [0.2, 0.25) is 10.0 Å². The van der Waals surface area contributed by atoms with Gasteiger partial charge in [-0.25, -0.2) is 9.37 Å². The maximum absolute atomic E-state index is 17.2. The van der Waals surface area contributed by atoms with Gasteiger partial charge in [-0.2, -0.15) is 5.26 Å². The van der Waals surface area contributed by atoms with Crippen molar-refractivity contribution in [2.45, 2.75) is 83.2 Å². The molecule has 3 aliphatic heterocycles. The molecule has 5 atom stereocenters. The van der Waals surface area contributed by atoms with Crippen LogP contribution in [0, 0.1) is 42.8 Å². The highest BCUT2D eigenvalue weighted by Gasteiger charge is 2.51. The number of nitriles is 1. The molecule has 1 amide bonds. The van der Waals surface area contributed by atoms with E-state index in [0.29, 0.717) is 64.7 Å². The van der Waals surface area contributed by atoms with Crippen LogP contribution >= 0.6 is 23.2 Å². The van der Waals surface area contributed by atoms with Gasteiger partial charge < -0.3 is 19.5 Å². The van der Waals surface area contributed by atoms with Crippen molar-refractivity contribution < 1.29 is 13.9 Å². The molecule has 1 N–H and O–H groups in total. The Morgan fingerprint density at radius 1 is 1.10 bits per heavy atom. The van der Waals surface area contributed by atoms with Crippen molar-refractivity contribution in [1.82, 2.24) is 24.8 Å². The number of fused-ring (bicyclic) bond motifs is 4.